The number of hydrogen-bond acceptors (Lipinski definition) is 4. The van der Waals surface area contributed by atoms with Gasteiger partial charge in [0.1, 0.15) is 5.82 Å². The van der Waals surface area contributed by atoms with Crippen molar-refractivity contribution in [1.82, 2.24) is 9.78 Å². The fraction of sp³-hybridized carbons (Fsp3) is 0.111. The van der Waals surface area contributed by atoms with Gasteiger partial charge in [-0.3, -0.25) is 19.1 Å². The number of anilines is 2. The monoisotopic (exact) mass is 468 g/mol. The molecule has 0 spiro atoms. The van der Waals surface area contributed by atoms with Crippen molar-refractivity contribution in [2.45, 2.75) is 20.4 Å². The quantitative estimate of drug-likeness (QED) is 0.429. The molecule has 3 aromatic carbocycles. The Balaban J connectivity index is 1.38. The molecule has 0 bridgehead atoms. The van der Waals surface area contributed by atoms with Crippen molar-refractivity contribution in [3.05, 3.63) is 112 Å². The van der Waals surface area contributed by atoms with Crippen LogP contribution in [0.15, 0.2) is 72.8 Å². The molecule has 0 aliphatic carbocycles. The average molecular weight is 468 g/mol. The van der Waals surface area contributed by atoms with E-state index >= 15 is 0 Å². The lowest BCUT2D eigenvalue weighted by molar-refractivity contribution is 0.0924. The van der Waals surface area contributed by atoms with Gasteiger partial charge in [0.25, 0.3) is 17.7 Å². The summed E-state index contributed by atoms with van der Waals surface area (Å²) in [6, 6.07) is 19.2. The van der Waals surface area contributed by atoms with Gasteiger partial charge in [-0.05, 0) is 61.9 Å². The second kappa shape index (κ2) is 8.64. The number of nitrogens with zero attached hydrogens (tertiary/aromatic N) is 3. The third-order valence-corrected chi connectivity index (χ3v) is 6.03. The average Bonchev–Trinajstić information content (AvgIpc) is 3.27. The Bertz CT molecular complexity index is 1460. The minimum absolute atomic E-state index is 0.296. The van der Waals surface area contributed by atoms with E-state index in [1.54, 1.807) is 66.2 Å². The van der Waals surface area contributed by atoms with Crippen LogP contribution in [-0.2, 0) is 6.54 Å². The Morgan fingerprint density at radius 2 is 1.57 bits per heavy atom. The molecule has 4 aromatic rings. The van der Waals surface area contributed by atoms with Crippen LogP contribution < -0.4 is 10.2 Å². The Labute approximate surface area is 200 Å². The van der Waals surface area contributed by atoms with Gasteiger partial charge in [-0.2, -0.15) is 5.10 Å². The number of aromatic nitrogens is 2. The van der Waals surface area contributed by atoms with E-state index in [-0.39, 0.29) is 5.82 Å². The maximum absolute atomic E-state index is 13.2. The SMILES string of the molecule is Cc1nn(Cc2ccc(F)cc2)c(C)c1NC(=O)c1cccc(N2C(=O)c3ccccc3C2=O)c1. The highest BCUT2D eigenvalue weighted by atomic mass is 19.1. The molecule has 1 aliphatic rings. The molecular formula is C27H21FN4O3. The molecule has 7 nitrogen and oxygen atoms in total. The first kappa shape index (κ1) is 22.2. The minimum Gasteiger partial charge on any atom is -0.319 e. The van der Waals surface area contributed by atoms with Crippen molar-refractivity contribution >= 4 is 29.1 Å². The number of carbonyl (C=O) groups excluding carboxylic acids is 3. The molecule has 0 saturated heterocycles. The number of amides is 3. The summed E-state index contributed by atoms with van der Waals surface area (Å²) in [5, 5.41) is 7.41. The molecule has 3 amide bonds. The summed E-state index contributed by atoms with van der Waals surface area (Å²) in [5.41, 5.74) is 4.13. The molecule has 0 atom stereocenters. The van der Waals surface area contributed by atoms with E-state index in [9.17, 15) is 18.8 Å². The van der Waals surface area contributed by atoms with E-state index in [1.165, 1.54) is 18.2 Å². The van der Waals surface area contributed by atoms with Crippen LogP contribution in [0.1, 0.15) is 48.0 Å². The zero-order valence-corrected chi connectivity index (χ0v) is 19.1. The van der Waals surface area contributed by atoms with Crippen molar-refractivity contribution in [3.63, 3.8) is 0 Å². The van der Waals surface area contributed by atoms with E-state index in [4.69, 9.17) is 0 Å². The highest BCUT2D eigenvalue weighted by Crippen LogP contribution is 2.29. The van der Waals surface area contributed by atoms with Crippen molar-refractivity contribution < 1.29 is 18.8 Å². The zero-order valence-electron chi connectivity index (χ0n) is 19.1. The molecule has 0 saturated carbocycles. The Kier molecular flexibility index (Phi) is 5.49. The van der Waals surface area contributed by atoms with Crippen LogP contribution in [0.25, 0.3) is 0 Å². The van der Waals surface area contributed by atoms with Gasteiger partial charge in [-0.15, -0.1) is 0 Å². The lowest BCUT2D eigenvalue weighted by Gasteiger charge is -2.15. The number of rotatable bonds is 5. The van der Waals surface area contributed by atoms with Gasteiger partial charge in [-0.1, -0.05) is 30.3 Å². The molecule has 0 fully saturated rings. The van der Waals surface area contributed by atoms with Gasteiger partial charge >= 0.3 is 0 Å². The Morgan fingerprint density at radius 1 is 0.914 bits per heavy atom. The van der Waals surface area contributed by atoms with Gasteiger partial charge in [0.15, 0.2) is 0 Å². The van der Waals surface area contributed by atoms with E-state index in [0.717, 1.165) is 16.2 Å². The van der Waals surface area contributed by atoms with Crippen LogP contribution in [0, 0.1) is 19.7 Å². The number of nitrogens with one attached hydrogen (secondary N) is 1. The summed E-state index contributed by atoms with van der Waals surface area (Å²) < 4.78 is 15.0. The second-order valence-corrected chi connectivity index (χ2v) is 8.33. The minimum atomic E-state index is -0.420. The molecule has 5 rings (SSSR count). The molecule has 8 heteroatoms. The smallest absolute Gasteiger partial charge is 0.266 e. The summed E-state index contributed by atoms with van der Waals surface area (Å²) >= 11 is 0. The number of carbonyl (C=O) groups is 3. The number of fused-ring (bicyclic) bond motifs is 1. The lowest BCUT2D eigenvalue weighted by atomic mass is 10.1. The summed E-state index contributed by atoms with van der Waals surface area (Å²) in [6.45, 7) is 4.06. The van der Waals surface area contributed by atoms with Gasteiger partial charge < -0.3 is 5.32 Å². The first-order valence-electron chi connectivity index (χ1n) is 11.0. The van der Waals surface area contributed by atoms with E-state index in [2.05, 4.69) is 10.4 Å². The first-order valence-corrected chi connectivity index (χ1v) is 11.0. The Hall–Kier alpha value is -4.59. The van der Waals surface area contributed by atoms with Crippen molar-refractivity contribution in [2.24, 2.45) is 0 Å². The first-order chi connectivity index (χ1) is 16.8. The molecule has 0 unspecified atom stereocenters. The molecular weight excluding hydrogens is 447 g/mol. The third-order valence-electron chi connectivity index (χ3n) is 6.03. The molecule has 1 aliphatic heterocycles. The highest BCUT2D eigenvalue weighted by molar-refractivity contribution is 6.34. The van der Waals surface area contributed by atoms with Crippen molar-refractivity contribution in [3.8, 4) is 0 Å². The summed E-state index contributed by atoms with van der Waals surface area (Å²) in [5.74, 6) is -1.54. The molecule has 1 aromatic heterocycles. The summed E-state index contributed by atoms with van der Waals surface area (Å²) in [7, 11) is 0. The molecule has 2 heterocycles. The molecule has 1 N–H and O–H groups in total. The zero-order chi connectivity index (χ0) is 24.7. The van der Waals surface area contributed by atoms with Crippen LogP contribution in [0.3, 0.4) is 0 Å². The van der Waals surface area contributed by atoms with Crippen LogP contribution in [0.5, 0.6) is 0 Å². The predicted octanol–water partition coefficient (Wildman–Crippen LogP) is 4.74. The van der Waals surface area contributed by atoms with E-state index < -0.39 is 17.7 Å². The van der Waals surface area contributed by atoms with Crippen molar-refractivity contribution in [1.29, 1.82) is 0 Å². The van der Waals surface area contributed by atoms with Gasteiger partial charge in [0.05, 0.1) is 40.4 Å². The standard InChI is InChI=1S/C27H21FN4O3/c1-16-24(17(2)31(30-16)15-18-10-12-20(28)13-11-18)29-25(33)19-6-5-7-21(14-19)32-26(34)22-8-3-4-9-23(22)27(32)35/h3-14H,15H2,1-2H3,(H,29,33). The second-order valence-electron chi connectivity index (χ2n) is 8.33. The normalized spacial score (nSPS) is 12.7. The van der Waals surface area contributed by atoms with Crippen molar-refractivity contribution in [2.75, 3.05) is 10.2 Å². The summed E-state index contributed by atoms with van der Waals surface area (Å²) in [4.78, 5) is 39.8. The van der Waals surface area contributed by atoms with Gasteiger partial charge in [0, 0.05) is 5.56 Å². The third kappa shape index (κ3) is 3.99. The maximum atomic E-state index is 13.2. The van der Waals surface area contributed by atoms with Crippen LogP contribution in [-0.4, -0.2) is 27.5 Å². The van der Waals surface area contributed by atoms with Crippen LogP contribution >= 0.6 is 0 Å². The number of hydrogen-bond donors (Lipinski definition) is 1. The largest absolute Gasteiger partial charge is 0.319 e. The molecule has 0 radical (unpaired) electrons. The number of aryl methyl sites for hydroxylation is 1. The molecule has 35 heavy (non-hydrogen) atoms. The molecule has 174 valence electrons. The number of imide groups is 1. The highest BCUT2D eigenvalue weighted by Gasteiger charge is 2.36. The van der Waals surface area contributed by atoms with E-state index in [1.807, 2.05) is 6.92 Å². The predicted molar refractivity (Wildman–Crippen MR) is 129 cm³/mol. The summed E-state index contributed by atoms with van der Waals surface area (Å²) in [6.07, 6.45) is 0. The number of benzene rings is 3. The van der Waals surface area contributed by atoms with Crippen LogP contribution in [0.4, 0.5) is 15.8 Å². The fourth-order valence-corrected chi connectivity index (χ4v) is 4.19. The topological polar surface area (TPSA) is 84.3 Å². The Morgan fingerprint density at radius 3 is 2.23 bits per heavy atom. The maximum Gasteiger partial charge on any atom is 0.266 e. The van der Waals surface area contributed by atoms with Gasteiger partial charge in [-0.25, -0.2) is 9.29 Å². The lowest BCUT2D eigenvalue weighted by Crippen LogP contribution is -2.29. The number of halogens is 1. The van der Waals surface area contributed by atoms with Gasteiger partial charge in [0.2, 0.25) is 0 Å². The van der Waals surface area contributed by atoms with Crippen LogP contribution in [0.2, 0.25) is 0 Å². The fourth-order valence-electron chi connectivity index (χ4n) is 4.19. The van der Waals surface area contributed by atoms with E-state index in [0.29, 0.717) is 40.3 Å².